The number of aromatic nitrogens is 3. The van der Waals surface area contributed by atoms with E-state index in [9.17, 15) is 14.3 Å². The lowest BCUT2D eigenvalue weighted by Crippen LogP contribution is -2.35. The zero-order chi connectivity index (χ0) is 21.0. The van der Waals surface area contributed by atoms with Crippen LogP contribution in [0.5, 0.6) is 5.88 Å². The molecule has 1 saturated carbocycles. The van der Waals surface area contributed by atoms with Crippen LogP contribution in [0, 0.1) is 17.7 Å². The number of aliphatic hydroxyl groups is 1. The first-order valence-corrected chi connectivity index (χ1v) is 9.20. The number of carbonyl (C=O) groups excluding carboxylic acids is 1. The van der Waals surface area contributed by atoms with Gasteiger partial charge in [0.05, 0.1) is 37.3 Å². The summed E-state index contributed by atoms with van der Waals surface area (Å²) in [7, 11) is 1.43. The number of amides is 1. The minimum absolute atomic E-state index is 0.0257. The van der Waals surface area contributed by atoms with Crippen LogP contribution in [0.15, 0.2) is 31.0 Å². The van der Waals surface area contributed by atoms with Crippen molar-refractivity contribution in [2.75, 3.05) is 20.2 Å². The molecule has 3 heterocycles. The summed E-state index contributed by atoms with van der Waals surface area (Å²) in [5, 5.41) is 17.4. The van der Waals surface area contributed by atoms with E-state index in [2.05, 4.69) is 9.97 Å². The minimum atomic E-state index is -0.651. The summed E-state index contributed by atoms with van der Waals surface area (Å²) in [4.78, 5) is 30.7. The number of halogens is 1. The Morgan fingerprint density at radius 3 is 2.66 bits per heavy atom. The first kappa shape index (κ1) is 20.7. The fourth-order valence-electron chi connectivity index (χ4n) is 4.22. The van der Waals surface area contributed by atoms with Gasteiger partial charge in [0, 0.05) is 31.5 Å². The van der Waals surface area contributed by atoms with Crippen molar-refractivity contribution in [2.24, 2.45) is 11.8 Å². The Kier molecular flexibility index (Phi) is 6.42. The van der Waals surface area contributed by atoms with Crippen LogP contribution in [0.3, 0.4) is 0 Å². The molecule has 2 aromatic rings. The molecule has 0 spiro atoms. The lowest BCUT2D eigenvalue weighted by Gasteiger charge is -2.35. The largest absolute Gasteiger partial charge is 0.483 e. The Bertz CT molecular complexity index is 847. The number of hydrogen-bond donors (Lipinski definition) is 2. The Morgan fingerprint density at radius 2 is 2.03 bits per heavy atom. The van der Waals surface area contributed by atoms with E-state index in [1.165, 1.54) is 13.2 Å². The Hall–Kier alpha value is -3.01. The summed E-state index contributed by atoms with van der Waals surface area (Å²) in [5.74, 6) is -0.294. The lowest BCUT2D eigenvalue weighted by atomic mass is 9.77. The maximum Gasteiger partial charge on any atom is 0.290 e. The number of rotatable bonds is 3. The Morgan fingerprint density at radius 1 is 1.34 bits per heavy atom. The predicted molar refractivity (Wildman–Crippen MR) is 98.8 cm³/mol. The minimum Gasteiger partial charge on any atom is -0.483 e. The highest BCUT2D eigenvalue weighted by atomic mass is 19.1. The molecule has 0 bridgehead atoms. The van der Waals surface area contributed by atoms with Crippen LogP contribution in [-0.4, -0.2) is 68.3 Å². The topological polar surface area (TPSA) is 118 Å². The zero-order valence-corrected chi connectivity index (χ0v) is 15.9. The van der Waals surface area contributed by atoms with Gasteiger partial charge >= 0.3 is 0 Å². The number of carboxylic acid groups (broad SMARTS) is 1. The van der Waals surface area contributed by atoms with Gasteiger partial charge in [-0.3, -0.25) is 9.59 Å². The predicted octanol–water partition coefficient (Wildman–Crippen LogP) is 1.21. The molecule has 0 radical (unpaired) electrons. The molecule has 1 aliphatic carbocycles. The van der Waals surface area contributed by atoms with Crippen molar-refractivity contribution in [2.45, 2.75) is 25.0 Å². The molecule has 4 rings (SSSR count). The summed E-state index contributed by atoms with van der Waals surface area (Å²) >= 11 is 0. The van der Waals surface area contributed by atoms with E-state index >= 15 is 0 Å². The van der Waals surface area contributed by atoms with Crippen molar-refractivity contribution in [3.63, 3.8) is 0 Å². The van der Waals surface area contributed by atoms with Gasteiger partial charge in [0.25, 0.3) is 12.4 Å². The molecule has 10 heteroatoms. The smallest absolute Gasteiger partial charge is 0.290 e. The summed E-state index contributed by atoms with van der Waals surface area (Å²) in [6.07, 6.45) is 7.19. The van der Waals surface area contributed by atoms with E-state index in [0.717, 1.165) is 12.6 Å². The van der Waals surface area contributed by atoms with Crippen molar-refractivity contribution in [1.82, 2.24) is 19.4 Å². The average Bonchev–Trinajstić information content (AvgIpc) is 3.37. The third kappa shape index (κ3) is 4.37. The number of likely N-dealkylation sites (tertiary alicyclic amines) is 1. The number of hydrogen-bond acceptors (Lipinski definition) is 6. The second-order valence-corrected chi connectivity index (χ2v) is 7.16. The molecule has 2 N–H and O–H groups in total. The number of ether oxygens (including phenoxy) is 1. The van der Waals surface area contributed by atoms with Crippen molar-refractivity contribution >= 4 is 12.4 Å². The van der Waals surface area contributed by atoms with Gasteiger partial charge in [-0.1, -0.05) is 0 Å². The zero-order valence-electron chi connectivity index (χ0n) is 15.9. The number of carbonyl (C=O) groups is 2. The fourth-order valence-corrected chi connectivity index (χ4v) is 4.22. The number of aliphatic hydroxyl groups excluding tert-OH is 1. The highest BCUT2D eigenvalue weighted by molar-refractivity contribution is 5.94. The van der Waals surface area contributed by atoms with Gasteiger partial charge in [-0.15, -0.1) is 0 Å². The van der Waals surface area contributed by atoms with E-state index in [1.54, 1.807) is 17.4 Å². The molecule has 29 heavy (non-hydrogen) atoms. The first-order valence-electron chi connectivity index (χ1n) is 9.20. The first-order chi connectivity index (χ1) is 14.0. The number of nitrogens with zero attached hydrogens (tertiary/aromatic N) is 4. The molecule has 156 valence electrons. The van der Waals surface area contributed by atoms with Crippen molar-refractivity contribution in [3.8, 4) is 5.88 Å². The van der Waals surface area contributed by atoms with E-state index in [1.807, 2.05) is 10.8 Å². The monoisotopic (exact) mass is 406 g/mol. The second kappa shape index (κ2) is 8.99. The molecule has 1 saturated heterocycles. The maximum absolute atomic E-state index is 14.1. The summed E-state index contributed by atoms with van der Waals surface area (Å²) < 4.78 is 21.0. The molecular weight excluding hydrogens is 383 g/mol. The van der Waals surface area contributed by atoms with Gasteiger partial charge in [-0.05, 0) is 24.7 Å². The fraction of sp³-hybridized carbons (Fsp3) is 0.474. The van der Waals surface area contributed by atoms with E-state index in [-0.39, 0.29) is 41.7 Å². The summed E-state index contributed by atoms with van der Waals surface area (Å²) in [6, 6.07) is 1.30. The van der Waals surface area contributed by atoms with Crippen molar-refractivity contribution in [1.29, 1.82) is 0 Å². The summed E-state index contributed by atoms with van der Waals surface area (Å²) in [6.45, 7) is 0.840. The molecule has 4 atom stereocenters. The Labute approximate surface area is 166 Å². The molecule has 9 nitrogen and oxygen atoms in total. The van der Waals surface area contributed by atoms with Crippen LogP contribution in [0.2, 0.25) is 0 Å². The number of imidazole rings is 1. The van der Waals surface area contributed by atoms with Crippen LogP contribution in [0.4, 0.5) is 4.39 Å². The third-order valence-electron chi connectivity index (χ3n) is 5.57. The molecule has 2 fully saturated rings. The number of pyridine rings is 1. The molecule has 0 aromatic carbocycles. The molecule has 1 aliphatic heterocycles. The van der Waals surface area contributed by atoms with Gasteiger partial charge in [0.1, 0.15) is 0 Å². The van der Waals surface area contributed by atoms with Crippen LogP contribution < -0.4 is 4.74 Å². The molecule has 1 amide bonds. The van der Waals surface area contributed by atoms with Crippen LogP contribution in [0.1, 0.15) is 29.2 Å². The summed E-state index contributed by atoms with van der Waals surface area (Å²) in [5.41, 5.74) is -0.0257. The second-order valence-electron chi connectivity index (χ2n) is 7.16. The molecule has 2 aromatic heterocycles. The lowest BCUT2D eigenvalue weighted by molar-refractivity contribution is -0.122. The standard InChI is InChI=1S/C18H21FN4O3.CH2O2/c1-26-17-6-13(14(19)7-21-17)18(25)23-8-11-4-15(22-3-2-20-10-22)16(24)5-12(11)9-23;2-1-3/h2-3,6-7,10-12,15-16,24H,4-5,8-9H2,1H3;1H,(H,2,3)/t11-,12+,15-,16-;/m1./s1. The maximum atomic E-state index is 14.1. The number of fused-ring (bicyclic) bond motifs is 1. The highest BCUT2D eigenvalue weighted by Crippen LogP contribution is 2.41. The highest BCUT2D eigenvalue weighted by Gasteiger charge is 2.43. The van der Waals surface area contributed by atoms with Crippen LogP contribution in [0.25, 0.3) is 0 Å². The molecular formula is C19H23FN4O5. The van der Waals surface area contributed by atoms with Gasteiger partial charge in [-0.2, -0.15) is 0 Å². The normalized spacial score (nSPS) is 25.6. The van der Waals surface area contributed by atoms with Gasteiger partial charge in [0.2, 0.25) is 5.88 Å². The molecule has 2 aliphatic rings. The van der Waals surface area contributed by atoms with Crippen LogP contribution in [-0.2, 0) is 4.79 Å². The van der Waals surface area contributed by atoms with Crippen LogP contribution >= 0.6 is 0 Å². The van der Waals surface area contributed by atoms with Gasteiger partial charge in [-0.25, -0.2) is 14.4 Å². The SMILES string of the molecule is COc1cc(C(=O)N2C[C@H]3C[C@@H](n4ccnc4)[C@H](O)C[C@H]3C2)c(F)cn1.O=CO. The number of methoxy groups -OCH3 is 1. The average molecular weight is 406 g/mol. The molecule has 0 unspecified atom stereocenters. The van der Waals surface area contributed by atoms with Gasteiger partial charge < -0.3 is 24.4 Å². The van der Waals surface area contributed by atoms with E-state index < -0.39 is 11.9 Å². The Balaban J connectivity index is 0.000000755. The van der Waals surface area contributed by atoms with E-state index in [0.29, 0.717) is 19.5 Å². The third-order valence-corrected chi connectivity index (χ3v) is 5.57. The quantitative estimate of drug-likeness (QED) is 0.736. The van der Waals surface area contributed by atoms with E-state index in [4.69, 9.17) is 14.6 Å². The van der Waals surface area contributed by atoms with Gasteiger partial charge in [0.15, 0.2) is 5.82 Å². The van der Waals surface area contributed by atoms with Crippen molar-refractivity contribution in [3.05, 3.63) is 42.4 Å². The van der Waals surface area contributed by atoms with Crippen molar-refractivity contribution < 1.29 is 28.9 Å².